The average Bonchev–Trinajstić information content (AvgIpc) is 2.37. The van der Waals surface area contributed by atoms with Crippen LogP contribution in [-0.4, -0.2) is 6.54 Å². The minimum Gasteiger partial charge on any atom is -0.385 e. The van der Waals surface area contributed by atoms with Gasteiger partial charge in [-0.15, -0.1) is 0 Å². The second-order valence-electron chi connectivity index (χ2n) is 5.33. The number of benzene rings is 1. The topological polar surface area (TPSA) is 35.8 Å². The third-order valence-electron chi connectivity index (χ3n) is 3.13. The number of rotatable bonds is 8. The molecule has 0 unspecified atom stereocenters. The van der Waals surface area contributed by atoms with Crippen LogP contribution in [0.3, 0.4) is 0 Å². The quantitative estimate of drug-likeness (QED) is 0.661. The van der Waals surface area contributed by atoms with Crippen LogP contribution in [-0.2, 0) is 0 Å². The number of hydrogen-bond acceptors (Lipinski definition) is 2. The molecule has 0 saturated heterocycles. The Balaban J connectivity index is 2.16. The summed E-state index contributed by atoms with van der Waals surface area (Å²) in [6.07, 6.45) is 6.42. The Bertz CT molecular complexity index is 421. The third kappa shape index (κ3) is 6.50. The van der Waals surface area contributed by atoms with Crippen molar-refractivity contribution in [2.75, 3.05) is 11.9 Å². The molecule has 0 aliphatic carbocycles. The Morgan fingerprint density at radius 1 is 1.21 bits per heavy atom. The monoisotopic (exact) mass is 278 g/mol. The molecular weight excluding hydrogens is 256 g/mol. The summed E-state index contributed by atoms with van der Waals surface area (Å²) in [7, 11) is 0. The smallest absolute Gasteiger partial charge is 0.101 e. The van der Waals surface area contributed by atoms with E-state index in [2.05, 4.69) is 25.2 Å². The Hall–Kier alpha value is -1.20. The van der Waals surface area contributed by atoms with Crippen molar-refractivity contribution < 1.29 is 0 Å². The van der Waals surface area contributed by atoms with Crippen LogP contribution in [0.25, 0.3) is 0 Å². The largest absolute Gasteiger partial charge is 0.385 e. The van der Waals surface area contributed by atoms with Gasteiger partial charge in [0.25, 0.3) is 0 Å². The van der Waals surface area contributed by atoms with Gasteiger partial charge in [-0.2, -0.15) is 5.26 Å². The zero-order chi connectivity index (χ0) is 14.1. The van der Waals surface area contributed by atoms with E-state index in [4.69, 9.17) is 16.9 Å². The fourth-order valence-electron chi connectivity index (χ4n) is 1.98. The van der Waals surface area contributed by atoms with Crippen LogP contribution in [0.15, 0.2) is 18.2 Å². The van der Waals surface area contributed by atoms with E-state index in [0.717, 1.165) is 18.2 Å². The first-order valence-corrected chi connectivity index (χ1v) is 7.45. The van der Waals surface area contributed by atoms with Crippen molar-refractivity contribution in [3.63, 3.8) is 0 Å². The molecule has 3 heteroatoms. The van der Waals surface area contributed by atoms with Gasteiger partial charge in [0.2, 0.25) is 0 Å². The molecule has 1 aromatic rings. The molecule has 1 aromatic carbocycles. The molecule has 0 spiro atoms. The minimum atomic E-state index is 0.518. The van der Waals surface area contributed by atoms with Crippen LogP contribution >= 0.6 is 11.6 Å². The second-order valence-corrected chi connectivity index (χ2v) is 5.74. The predicted molar refractivity (Wildman–Crippen MR) is 82.6 cm³/mol. The zero-order valence-corrected chi connectivity index (χ0v) is 12.6. The fraction of sp³-hybridized carbons (Fsp3) is 0.562. The maximum absolute atomic E-state index is 8.79. The van der Waals surface area contributed by atoms with Crippen molar-refractivity contribution in [3.8, 4) is 6.07 Å². The van der Waals surface area contributed by atoms with E-state index in [9.17, 15) is 0 Å². The third-order valence-corrected chi connectivity index (χ3v) is 3.44. The van der Waals surface area contributed by atoms with E-state index >= 15 is 0 Å². The van der Waals surface area contributed by atoms with Crippen LogP contribution in [0.2, 0.25) is 5.02 Å². The summed E-state index contributed by atoms with van der Waals surface area (Å²) in [5.74, 6) is 0.818. The van der Waals surface area contributed by atoms with Crippen LogP contribution in [0.5, 0.6) is 0 Å². The molecule has 104 valence electrons. The molecule has 0 aliphatic rings. The Kier molecular flexibility index (Phi) is 7.36. The lowest BCUT2D eigenvalue weighted by molar-refractivity contribution is 0.523. The van der Waals surface area contributed by atoms with Gasteiger partial charge in [-0.05, 0) is 30.5 Å². The molecule has 0 fully saturated rings. The van der Waals surface area contributed by atoms with Gasteiger partial charge in [-0.25, -0.2) is 0 Å². The normalized spacial score (nSPS) is 10.5. The first-order chi connectivity index (χ1) is 9.13. The molecule has 0 amide bonds. The van der Waals surface area contributed by atoms with Gasteiger partial charge in [0.05, 0.1) is 10.6 Å². The number of anilines is 1. The molecule has 0 radical (unpaired) electrons. The van der Waals surface area contributed by atoms with Crippen molar-refractivity contribution in [1.29, 1.82) is 5.26 Å². The number of hydrogen-bond donors (Lipinski definition) is 1. The summed E-state index contributed by atoms with van der Waals surface area (Å²) in [4.78, 5) is 0. The molecule has 0 atom stereocenters. The second kappa shape index (κ2) is 8.82. The molecule has 0 heterocycles. The van der Waals surface area contributed by atoms with Gasteiger partial charge in [0, 0.05) is 12.2 Å². The van der Waals surface area contributed by atoms with E-state index in [-0.39, 0.29) is 0 Å². The lowest BCUT2D eigenvalue weighted by Gasteiger charge is -2.08. The highest BCUT2D eigenvalue weighted by atomic mass is 35.5. The Morgan fingerprint density at radius 2 is 1.95 bits per heavy atom. The number of nitrogens with one attached hydrogen (secondary N) is 1. The molecule has 19 heavy (non-hydrogen) atoms. The Labute approximate surface area is 121 Å². The summed E-state index contributed by atoms with van der Waals surface area (Å²) in [5.41, 5.74) is 1.52. The lowest BCUT2D eigenvalue weighted by atomic mass is 10.0. The number of nitriles is 1. The van der Waals surface area contributed by atoms with E-state index in [1.165, 1.54) is 32.1 Å². The van der Waals surface area contributed by atoms with Gasteiger partial charge < -0.3 is 5.32 Å². The Morgan fingerprint density at radius 3 is 2.58 bits per heavy atom. The molecule has 0 saturated carbocycles. The van der Waals surface area contributed by atoms with Crippen LogP contribution in [0.4, 0.5) is 5.69 Å². The standard InChI is InChI=1S/C16H23ClN2/c1-13(2)7-5-3-4-6-10-19-15-9-8-14(12-18)16(17)11-15/h8-9,11,13,19H,3-7,10H2,1-2H3. The summed E-state index contributed by atoms with van der Waals surface area (Å²) >= 11 is 5.98. The zero-order valence-electron chi connectivity index (χ0n) is 11.9. The van der Waals surface area contributed by atoms with Gasteiger partial charge in [-0.3, -0.25) is 0 Å². The molecule has 0 aliphatic heterocycles. The van der Waals surface area contributed by atoms with Crippen LogP contribution in [0, 0.1) is 17.2 Å². The summed E-state index contributed by atoms with van der Waals surface area (Å²) in [6, 6.07) is 7.54. The number of nitrogens with zero attached hydrogens (tertiary/aromatic N) is 1. The SMILES string of the molecule is CC(C)CCCCCCNc1ccc(C#N)c(Cl)c1. The number of unbranched alkanes of at least 4 members (excludes halogenated alkanes) is 3. The van der Waals surface area contributed by atoms with Crippen molar-refractivity contribution >= 4 is 17.3 Å². The highest BCUT2D eigenvalue weighted by molar-refractivity contribution is 6.32. The fourth-order valence-corrected chi connectivity index (χ4v) is 2.20. The molecule has 2 nitrogen and oxygen atoms in total. The van der Waals surface area contributed by atoms with Crippen LogP contribution in [0.1, 0.15) is 51.5 Å². The van der Waals surface area contributed by atoms with Crippen molar-refractivity contribution in [2.45, 2.75) is 46.0 Å². The van der Waals surface area contributed by atoms with Crippen molar-refractivity contribution in [3.05, 3.63) is 28.8 Å². The summed E-state index contributed by atoms with van der Waals surface area (Å²) < 4.78 is 0. The van der Waals surface area contributed by atoms with E-state index in [1.54, 1.807) is 6.07 Å². The predicted octanol–water partition coefficient (Wildman–Crippen LogP) is 5.23. The molecule has 1 rings (SSSR count). The maximum atomic E-state index is 8.79. The van der Waals surface area contributed by atoms with E-state index in [1.807, 2.05) is 12.1 Å². The highest BCUT2D eigenvalue weighted by Crippen LogP contribution is 2.20. The van der Waals surface area contributed by atoms with E-state index < -0.39 is 0 Å². The minimum absolute atomic E-state index is 0.518. The summed E-state index contributed by atoms with van der Waals surface area (Å²) in [6.45, 7) is 5.51. The van der Waals surface area contributed by atoms with Gasteiger partial charge in [0.1, 0.15) is 6.07 Å². The first-order valence-electron chi connectivity index (χ1n) is 7.07. The highest BCUT2D eigenvalue weighted by Gasteiger charge is 2.00. The number of halogens is 1. The van der Waals surface area contributed by atoms with E-state index in [0.29, 0.717) is 10.6 Å². The van der Waals surface area contributed by atoms with Crippen molar-refractivity contribution in [2.24, 2.45) is 5.92 Å². The molecule has 0 aromatic heterocycles. The maximum Gasteiger partial charge on any atom is 0.101 e. The van der Waals surface area contributed by atoms with Crippen molar-refractivity contribution in [1.82, 2.24) is 0 Å². The molecule has 1 N–H and O–H groups in total. The van der Waals surface area contributed by atoms with Gasteiger partial charge in [-0.1, -0.05) is 51.1 Å². The van der Waals surface area contributed by atoms with Crippen LogP contribution < -0.4 is 5.32 Å². The lowest BCUT2D eigenvalue weighted by Crippen LogP contribution is -2.01. The van der Waals surface area contributed by atoms with Gasteiger partial charge in [0.15, 0.2) is 0 Å². The average molecular weight is 279 g/mol. The first kappa shape index (κ1) is 15.9. The van der Waals surface area contributed by atoms with Gasteiger partial charge >= 0.3 is 0 Å². The molecule has 0 bridgehead atoms. The molecular formula is C16H23ClN2. The summed E-state index contributed by atoms with van der Waals surface area (Å²) in [5, 5.41) is 12.7.